The van der Waals surface area contributed by atoms with Gasteiger partial charge in [-0.05, 0) is 19.9 Å². The molecule has 7 nitrogen and oxygen atoms in total. The molecule has 0 spiro atoms. The van der Waals surface area contributed by atoms with Gasteiger partial charge in [0.15, 0.2) is 5.03 Å². The molecule has 18 heavy (non-hydrogen) atoms. The van der Waals surface area contributed by atoms with Gasteiger partial charge in [0.1, 0.15) is 0 Å². The molecule has 1 aromatic heterocycles. The standard InChI is InChI=1S/C10H18N4O3S/c1-11-6-8-7-12-13-10(8)18(15,16)14-9-2-4-17-5-3-9/h7,9,11,14H,2-6H2,1H3,(H,12,13). The molecule has 0 bridgehead atoms. The second kappa shape index (κ2) is 5.79. The number of hydrogen-bond donors (Lipinski definition) is 3. The number of nitrogens with one attached hydrogen (secondary N) is 3. The number of ether oxygens (including phenoxy) is 1. The van der Waals surface area contributed by atoms with E-state index >= 15 is 0 Å². The van der Waals surface area contributed by atoms with E-state index in [1.54, 1.807) is 7.05 Å². The molecular formula is C10H18N4O3S. The molecular weight excluding hydrogens is 256 g/mol. The number of sulfonamides is 1. The highest BCUT2D eigenvalue weighted by molar-refractivity contribution is 7.89. The number of H-pyrrole nitrogens is 1. The molecule has 0 aliphatic carbocycles. The van der Waals surface area contributed by atoms with Crippen molar-refractivity contribution in [2.75, 3.05) is 20.3 Å². The van der Waals surface area contributed by atoms with Gasteiger partial charge in [0, 0.05) is 31.4 Å². The van der Waals surface area contributed by atoms with Crippen molar-refractivity contribution in [3.63, 3.8) is 0 Å². The third kappa shape index (κ3) is 3.08. The van der Waals surface area contributed by atoms with Crippen molar-refractivity contribution in [1.82, 2.24) is 20.2 Å². The van der Waals surface area contributed by atoms with E-state index in [0.717, 1.165) is 0 Å². The molecule has 1 aliphatic heterocycles. The molecule has 1 saturated heterocycles. The van der Waals surface area contributed by atoms with E-state index in [4.69, 9.17) is 4.74 Å². The summed E-state index contributed by atoms with van der Waals surface area (Å²) in [4.78, 5) is 0. The number of rotatable bonds is 5. The van der Waals surface area contributed by atoms with Gasteiger partial charge in [0.25, 0.3) is 10.0 Å². The maximum Gasteiger partial charge on any atom is 0.258 e. The van der Waals surface area contributed by atoms with Crippen molar-refractivity contribution in [1.29, 1.82) is 0 Å². The highest BCUT2D eigenvalue weighted by atomic mass is 32.2. The van der Waals surface area contributed by atoms with Gasteiger partial charge in [0.05, 0.1) is 6.20 Å². The van der Waals surface area contributed by atoms with E-state index in [1.165, 1.54) is 6.20 Å². The lowest BCUT2D eigenvalue weighted by Crippen LogP contribution is -2.39. The summed E-state index contributed by atoms with van der Waals surface area (Å²) >= 11 is 0. The predicted octanol–water partition coefficient (Wildman–Crippen LogP) is -0.414. The molecule has 2 rings (SSSR count). The van der Waals surface area contributed by atoms with Crippen molar-refractivity contribution >= 4 is 10.0 Å². The average molecular weight is 274 g/mol. The van der Waals surface area contributed by atoms with Crippen molar-refractivity contribution in [3.05, 3.63) is 11.8 Å². The first kappa shape index (κ1) is 13.5. The normalized spacial score (nSPS) is 18.1. The van der Waals surface area contributed by atoms with Crippen LogP contribution in [0.4, 0.5) is 0 Å². The number of nitrogens with zero attached hydrogens (tertiary/aromatic N) is 1. The summed E-state index contributed by atoms with van der Waals surface area (Å²) < 4.78 is 32.3. The summed E-state index contributed by atoms with van der Waals surface area (Å²) in [5.41, 5.74) is 0.636. The number of hydrogen-bond acceptors (Lipinski definition) is 5. The Kier molecular flexibility index (Phi) is 4.33. The van der Waals surface area contributed by atoms with E-state index in [2.05, 4.69) is 20.2 Å². The average Bonchev–Trinajstić information content (AvgIpc) is 2.79. The Bertz CT molecular complexity index is 479. The summed E-state index contributed by atoms with van der Waals surface area (Å²) in [6.45, 7) is 1.65. The highest BCUT2D eigenvalue weighted by Gasteiger charge is 2.25. The van der Waals surface area contributed by atoms with Gasteiger partial charge in [-0.15, -0.1) is 0 Å². The Balaban J connectivity index is 2.11. The number of aromatic amines is 1. The maximum atomic E-state index is 12.2. The summed E-state index contributed by atoms with van der Waals surface area (Å²) in [7, 11) is -1.77. The smallest absolute Gasteiger partial charge is 0.258 e. The van der Waals surface area contributed by atoms with Crippen molar-refractivity contribution in [2.45, 2.75) is 30.5 Å². The van der Waals surface area contributed by atoms with Gasteiger partial charge in [-0.1, -0.05) is 0 Å². The van der Waals surface area contributed by atoms with Gasteiger partial charge in [-0.3, -0.25) is 5.10 Å². The Morgan fingerprint density at radius 3 is 2.89 bits per heavy atom. The second-order valence-corrected chi connectivity index (χ2v) is 5.91. The van der Waals surface area contributed by atoms with Crippen LogP contribution in [0.3, 0.4) is 0 Å². The van der Waals surface area contributed by atoms with Crippen LogP contribution in [0.1, 0.15) is 18.4 Å². The Morgan fingerprint density at radius 2 is 2.22 bits per heavy atom. The lowest BCUT2D eigenvalue weighted by molar-refractivity contribution is 0.0832. The molecule has 8 heteroatoms. The van der Waals surface area contributed by atoms with Gasteiger partial charge in [-0.2, -0.15) is 5.10 Å². The molecule has 3 N–H and O–H groups in total. The van der Waals surface area contributed by atoms with E-state index in [-0.39, 0.29) is 11.1 Å². The van der Waals surface area contributed by atoms with E-state index in [0.29, 0.717) is 38.2 Å². The number of aromatic nitrogens is 2. The molecule has 0 saturated carbocycles. The van der Waals surface area contributed by atoms with Crippen LogP contribution in [0, 0.1) is 0 Å². The second-order valence-electron chi connectivity index (χ2n) is 4.26. The monoisotopic (exact) mass is 274 g/mol. The molecule has 1 aromatic rings. The highest BCUT2D eigenvalue weighted by Crippen LogP contribution is 2.15. The fourth-order valence-corrected chi connectivity index (χ4v) is 3.38. The Labute approximate surface area is 106 Å². The first-order valence-corrected chi connectivity index (χ1v) is 7.38. The third-order valence-corrected chi connectivity index (χ3v) is 4.39. The molecule has 0 atom stereocenters. The minimum atomic E-state index is -3.53. The van der Waals surface area contributed by atoms with Crippen LogP contribution in [-0.4, -0.2) is 44.9 Å². The van der Waals surface area contributed by atoms with E-state index in [9.17, 15) is 8.42 Å². The molecule has 1 fully saturated rings. The lowest BCUT2D eigenvalue weighted by Gasteiger charge is -2.22. The van der Waals surface area contributed by atoms with Crippen LogP contribution in [0.25, 0.3) is 0 Å². The predicted molar refractivity (Wildman–Crippen MR) is 65.5 cm³/mol. The summed E-state index contributed by atoms with van der Waals surface area (Å²) in [5.74, 6) is 0. The first-order valence-electron chi connectivity index (χ1n) is 5.90. The molecule has 102 valence electrons. The van der Waals surface area contributed by atoms with Crippen molar-refractivity contribution in [2.24, 2.45) is 0 Å². The van der Waals surface area contributed by atoms with Gasteiger partial charge >= 0.3 is 0 Å². The van der Waals surface area contributed by atoms with Crippen molar-refractivity contribution < 1.29 is 13.2 Å². The Hall–Kier alpha value is -0.960. The zero-order valence-electron chi connectivity index (χ0n) is 10.3. The fraction of sp³-hybridized carbons (Fsp3) is 0.700. The van der Waals surface area contributed by atoms with Crippen LogP contribution < -0.4 is 10.0 Å². The van der Waals surface area contributed by atoms with Crippen LogP contribution in [0.5, 0.6) is 0 Å². The molecule has 0 radical (unpaired) electrons. The van der Waals surface area contributed by atoms with Crippen molar-refractivity contribution in [3.8, 4) is 0 Å². The van der Waals surface area contributed by atoms with Gasteiger partial charge in [-0.25, -0.2) is 13.1 Å². The van der Waals surface area contributed by atoms with E-state index < -0.39 is 10.0 Å². The summed E-state index contributed by atoms with van der Waals surface area (Å²) in [5, 5.41) is 9.40. The lowest BCUT2D eigenvalue weighted by atomic mass is 10.1. The van der Waals surface area contributed by atoms with Crippen LogP contribution in [-0.2, 0) is 21.3 Å². The quantitative estimate of drug-likeness (QED) is 0.678. The van der Waals surface area contributed by atoms with Crippen LogP contribution in [0.2, 0.25) is 0 Å². The molecule has 1 aliphatic rings. The summed E-state index contributed by atoms with van der Waals surface area (Å²) in [6, 6.07) is -0.0607. The molecule has 0 aromatic carbocycles. The van der Waals surface area contributed by atoms with E-state index in [1.807, 2.05) is 0 Å². The Morgan fingerprint density at radius 1 is 1.50 bits per heavy atom. The zero-order valence-corrected chi connectivity index (χ0v) is 11.1. The van der Waals surface area contributed by atoms with Gasteiger partial charge < -0.3 is 10.1 Å². The molecule has 2 heterocycles. The zero-order chi connectivity index (χ0) is 13.0. The van der Waals surface area contributed by atoms with Crippen LogP contribution in [0.15, 0.2) is 11.2 Å². The largest absolute Gasteiger partial charge is 0.381 e. The summed E-state index contributed by atoms with van der Waals surface area (Å²) in [6.07, 6.45) is 2.93. The minimum Gasteiger partial charge on any atom is -0.381 e. The topological polar surface area (TPSA) is 96.1 Å². The maximum absolute atomic E-state index is 12.2. The van der Waals surface area contributed by atoms with Crippen LogP contribution >= 0.6 is 0 Å². The third-order valence-electron chi connectivity index (χ3n) is 2.86. The molecule has 0 unspecified atom stereocenters. The SMILES string of the molecule is CNCc1cn[nH]c1S(=O)(=O)NC1CCOCC1. The molecule has 0 amide bonds. The van der Waals surface area contributed by atoms with Gasteiger partial charge in [0.2, 0.25) is 0 Å². The minimum absolute atomic E-state index is 0.0607. The first-order chi connectivity index (χ1) is 8.63. The fourth-order valence-electron chi connectivity index (χ4n) is 1.94.